The summed E-state index contributed by atoms with van der Waals surface area (Å²) in [5, 5.41) is 13.0. The van der Waals surface area contributed by atoms with E-state index < -0.39 is 6.10 Å². The van der Waals surface area contributed by atoms with E-state index in [1.807, 2.05) is 13.8 Å². The van der Waals surface area contributed by atoms with Crippen LogP contribution in [0.2, 0.25) is 0 Å². The van der Waals surface area contributed by atoms with Crippen LogP contribution in [0.15, 0.2) is 0 Å². The average molecular weight is 245 g/mol. The summed E-state index contributed by atoms with van der Waals surface area (Å²) in [5.41, 5.74) is 0. The van der Waals surface area contributed by atoms with Crippen molar-refractivity contribution in [2.45, 2.75) is 51.9 Å². The molecule has 1 rings (SSSR count). The van der Waals surface area contributed by atoms with Crippen molar-refractivity contribution in [3.05, 3.63) is 0 Å². The van der Waals surface area contributed by atoms with E-state index in [9.17, 15) is 5.11 Å². The van der Waals surface area contributed by atoms with Crippen molar-refractivity contribution >= 4 is 0 Å². The van der Waals surface area contributed by atoms with Crippen LogP contribution in [0.3, 0.4) is 0 Å². The summed E-state index contributed by atoms with van der Waals surface area (Å²) in [6.45, 7) is 8.37. The summed E-state index contributed by atoms with van der Waals surface area (Å²) in [5.74, 6) is 0.822. The Bertz CT molecular complexity index is 199. The van der Waals surface area contributed by atoms with Crippen molar-refractivity contribution in [3.63, 3.8) is 0 Å². The van der Waals surface area contributed by atoms with Crippen molar-refractivity contribution in [1.82, 2.24) is 5.32 Å². The van der Waals surface area contributed by atoms with Crippen molar-refractivity contribution in [2.24, 2.45) is 5.92 Å². The summed E-state index contributed by atoms with van der Waals surface area (Å²) >= 11 is 0. The molecule has 0 radical (unpaired) electrons. The smallest absolute Gasteiger partial charge is 0.0897 e. The van der Waals surface area contributed by atoms with E-state index in [4.69, 9.17) is 9.47 Å². The van der Waals surface area contributed by atoms with Gasteiger partial charge in [0, 0.05) is 12.6 Å². The molecule has 3 unspecified atom stereocenters. The summed E-state index contributed by atoms with van der Waals surface area (Å²) < 4.78 is 10.7. The third-order valence-electron chi connectivity index (χ3n) is 3.05. The van der Waals surface area contributed by atoms with Crippen LogP contribution in [0.4, 0.5) is 0 Å². The fourth-order valence-corrected chi connectivity index (χ4v) is 1.86. The first kappa shape index (κ1) is 14.9. The summed E-state index contributed by atoms with van der Waals surface area (Å²) in [6.07, 6.45) is 2.32. The fourth-order valence-electron chi connectivity index (χ4n) is 1.86. The maximum absolute atomic E-state index is 9.67. The van der Waals surface area contributed by atoms with Crippen molar-refractivity contribution in [2.75, 3.05) is 26.4 Å². The van der Waals surface area contributed by atoms with Gasteiger partial charge < -0.3 is 19.9 Å². The van der Waals surface area contributed by atoms with Crippen LogP contribution < -0.4 is 5.32 Å². The fraction of sp³-hybridized carbons (Fsp3) is 1.00. The maximum atomic E-state index is 9.67. The van der Waals surface area contributed by atoms with Gasteiger partial charge in [0.1, 0.15) is 0 Å². The third kappa shape index (κ3) is 6.99. The van der Waals surface area contributed by atoms with Crippen LogP contribution in [0, 0.1) is 5.92 Å². The zero-order chi connectivity index (χ0) is 12.7. The number of nitrogens with one attached hydrogen (secondary N) is 1. The minimum atomic E-state index is -0.410. The van der Waals surface area contributed by atoms with Crippen LogP contribution in [0.5, 0.6) is 0 Å². The number of aliphatic hydroxyl groups excluding tert-OH is 1. The molecule has 0 aromatic heterocycles. The van der Waals surface area contributed by atoms with E-state index in [1.165, 1.54) is 12.8 Å². The highest BCUT2D eigenvalue weighted by Crippen LogP contribution is 2.32. The normalized spacial score (nSPS) is 25.2. The monoisotopic (exact) mass is 245 g/mol. The first-order valence-electron chi connectivity index (χ1n) is 6.74. The molecular weight excluding hydrogens is 218 g/mol. The number of hydrogen-bond acceptors (Lipinski definition) is 4. The highest BCUT2D eigenvalue weighted by atomic mass is 16.5. The zero-order valence-corrected chi connectivity index (χ0v) is 11.3. The second kappa shape index (κ2) is 8.03. The van der Waals surface area contributed by atoms with Crippen molar-refractivity contribution in [3.8, 4) is 0 Å². The first-order chi connectivity index (χ1) is 8.13. The Morgan fingerprint density at radius 1 is 1.35 bits per heavy atom. The van der Waals surface area contributed by atoms with Gasteiger partial charge in [0.05, 0.1) is 32.0 Å². The number of aliphatic hydroxyl groups is 1. The van der Waals surface area contributed by atoms with Crippen molar-refractivity contribution < 1.29 is 14.6 Å². The SMILES string of the molecule is CCC1CC1NCC(O)COCCOC(C)C. The molecule has 1 fully saturated rings. The number of ether oxygens (including phenoxy) is 2. The predicted octanol–water partition coefficient (Wildman–Crippen LogP) is 1.18. The number of rotatable bonds is 10. The Balaban J connectivity index is 1.86. The highest BCUT2D eigenvalue weighted by Gasteiger charge is 2.34. The topological polar surface area (TPSA) is 50.7 Å². The summed E-state index contributed by atoms with van der Waals surface area (Å²) in [6, 6.07) is 0.624. The number of hydrogen-bond donors (Lipinski definition) is 2. The highest BCUT2D eigenvalue weighted by molar-refractivity contribution is 4.92. The first-order valence-corrected chi connectivity index (χ1v) is 6.74. The van der Waals surface area contributed by atoms with Gasteiger partial charge in [0.25, 0.3) is 0 Å². The van der Waals surface area contributed by atoms with Crippen LogP contribution >= 0.6 is 0 Å². The molecule has 0 aromatic carbocycles. The van der Waals surface area contributed by atoms with E-state index in [-0.39, 0.29) is 6.10 Å². The molecule has 0 aromatic rings. The molecule has 1 saturated carbocycles. The molecule has 0 saturated heterocycles. The van der Waals surface area contributed by atoms with Gasteiger partial charge in [-0.3, -0.25) is 0 Å². The lowest BCUT2D eigenvalue weighted by Crippen LogP contribution is -2.32. The Labute approximate surface area is 105 Å². The standard InChI is InChI=1S/C13H27NO3/c1-4-11-7-13(11)14-8-12(15)9-16-5-6-17-10(2)3/h10-15H,4-9H2,1-3H3. The van der Waals surface area contributed by atoms with Crippen LogP contribution in [-0.2, 0) is 9.47 Å². The zero-order valence-electron chi connectivity index (χ0n) is 11.3. The lowest BCUT2D eigenvalue weighted by Gasteiger charge is -2.13. The van der Waals surface area contributed by atoms with E-state index >= 15 is 0 Å². The van der Waals surface area contributed by atoms with Gasteiger partial charge in [-0.1, -0.05) is 13.3 Å². The van der Waals surface area contributed by atoms with E-state index in [1.54, 1.807) is 0 Å². The van der Waals surface area contributed by atoms with Crippen LogP contribution in [0.25, 0.3) is 0 Å². The van der Waals surface area contributed by atoms with Gasteiger partial charge in [-0.2, -0.15) is 0 Å². The Morgan fingerprint density at radius 2 is 2.12 bits per heavy atom. The average Bonchev–Trinajstić information content (AvgIpc) is 3.04. The molecule has 3 atom stereocenters. The lowest BCUT2D eigenvalue weighted by molar-refractivity contribution is -0.0101. The molecular formula is C13H27NO3. The molecule has 0 heterocycles. The second-order valence-electron chi connectivity index (χ2n) is 5.07. The van der Waals surface area contributed by atoms with Gasteiger partial charge in [0.2, 0.25) is 0 Å². The molecule has 17 heavy (non-hydrogen) atoms. The van der Waals surface area contributed by atoms with E-state index in [2.05, 4.69) is 12.2 Å². The van der Waals surface area contributed by atoms with Gasteiger partial charge in [-0.05, 0) is 26.2 Å². The van der Waals surface area contributed by atoms with Gasteiger partial charge >= 0.3 is 0 Å². The van der Waals surface area contributed by atoms with Crippen LogP contribution in [0.1, 0.15) is 33.6 Å². The van der Waals surface area contributed by atoms with Gasteiger partial charge in [-0.25, -0.2) is 0 Å². The van der Waals surface area contributed by atoms with Crippen molar-refractivity contribution in [1.29, 1.82) is 0 Å². The molecule has 1 aliphatic carbocycles. The van der Waals surface area contributed by atoms with Gasteiger partial charge in [-0.15, -0.1) is 0 Å². The lowest BCUT2D eigenvalue weighted by atomic mass is 10.3. The largest absolute Gasteiger partial charge is 0.389 e. The molecule has 102 valence electrons. The summed E-state index contributed by atoms with van der Waals surface area (Å²) in [4.78, 5) is 0. The molecule has 1 aliphatic rings. The molecule has 0 aliphatic heterocycles. The molecule has 0 bridgehead atoms. The maximum Gasteiger partial charge on any atom is 0.0897 e. The molecule has 2 N–H and O–H groups in total. The Morgan fingerprint density at radius 3 is 2.71 bits per heavy atom. The molecule has 0 spiro atoms. The molecule has 4 heteroatoms. The van der Waals surface area contributed by atoms with Crippen LogP contribution in [-0.4, -0.2) is 49.7 Å². The quantitative estimate of drug-likeness (QED) is 0.567. The third-order valence-corrected chi connectivity index (χ3v) is 3.05. The van der Waals surface area contributed by atoms with Gasteiger partial charge in [0.15, 0.2) is 0 Å². The summed E-state index contributed by atoms with van der Waals surface area (Å²) in [7, 11) is 0. The minimum Gasteiger partial charge on any atom is -0.389 e. The molecule has 4 nitrogen and oxygen atoms in total. The second-order valence-corrected chi connectivity index (χ2v) is 5.07. The Hall–Kier alpha value is -0.160. The van der Waals surface area contributed by atoms with E-state index in [0.717, 1.165) is 5.92 Å². The molecule has 0 amide bonds. The predicted molar refractivity (Wildman–Crippen MR) is 68.1 cm³/mol. The Kier molecular flexibility index (Phi) is 7.04. The minimum absolute atomic E-state index is 0.242. The van der Waals surface area contributed by atoms with E-state index in [0.29, 0.717) is 32.4 Å².